The smallest absolute Gasteiger partial charge is 0.159 e. The van der Waals surface area contributed by atoms with E-state index in [-0.39, 0.29) is 0 Å². The second-order valence-electron chi connectivity index (χ2n) is 6.22. The van der Waals surface area contributed by atoms with Gasteiger partial charge in [0.1, 0.15) is 11.5 Å². The minimum Gasteiger partial charge on any atom is -0.327 e. The van der Waals surface area contributed by atoms with Gasteiger partial charge in [-0.25, -0.2) is 18.7 Å². The van der Waals surface area contributed by atoms with Gasteiger partial charge < -0.3 is 8.97 Å². The molecule has 6 heteroatoms. The average Bonchev–Trinajstić information content (AvgIpc) is 3.31. The minimum atomic E-state index is -0.860. The van der Waals surface area contributed by atoms with E-state index in [1.807, 2.05) is 28.9 Å². The summed E-state index contributed by atoms with van der Waals surface area (Å²) in [6.07, 6.45) is 7.56. The fourth-order valence-corrected chi connectivity index (χ4v) is 3.52. The molecule has 0 fully saturated rings. The Hall–Kier alpha value is -3.02. The number of rotatable bonds is 2. The number of benzene rings is 1. The molecule has 0 saturated carbocycles. The molecule has 0 N–H and O–H groups in total. The van der Waals surface area contributed by atoms with E-state index in [4.69, 9.17) is 4.98 Å². The number of nitrogens with zero attached hydrogens (tertiary/aromatic N) is 4. The van der Waals surface area contributed by atoms with Crippen molar-refractivity contribution in [3.63, 3.8) is 0 Å². The van der Waals surface area contributed by atoms with E-state index < -0.39 is 11.6 Å². The van der Waals surface area contributed by atoms with Crippen molar-refractivity contribution in [2.45, 2.75) is 19.4 Å². The molecule has 0 unspecified atom stereocenters. The van der Waals surface area contributed by atoms with Crippen LogP contribution in [-0.4, -0.2) is 18.9 Å². The standard InChI is InChI=1S/C19H14F2N4/c20-14-5-3-12(10-15(14)21)18-19(25-8-1-2-17(25)23-18)13-4-6-16-22-7-9-24(16)11-13/h3-7,9-11H,1-2,8H2. The second kappa shape index (κ2) is 5.24. The van der Waals surface area contributed by atoms with Crippen LogP contribution in [0.1, 0.15) is 12.2 Å². The van der Waals surface area contributed by atoms with Crippen molar-refractivity contribution < 1.29 is 8.78 Å². The van der Waals surface area contributed by atoms with E-state index in [9.17, 15) is 8.78 Å². The highest BCUT2D eigenvalue weighted by Crippen LogP contribution is 2.36. The van der Waals surface area contributed by atoms with Crippen LogP contribution in [0.3, 0.4) is 0 Å². The van der Waals surface area contributed by atoms with Crippen molar-refractivity contribution in [3.05, 3.63) is 66.4 Å². The van der Waals surface area contributed by atoms with Gasteiger partial charge in [0.15, 0.2) is 11.6 Å². The maximum Gasteiger partial charge on any atom is 0.159 e. The molecule has 1 aliphatic heterocycles. The third-order valence-electron chi connectivity index (χ3n) is 4.68. The number of aryl methyl sites for hydroxylation is 1. The number of imidazole rings is 2. The van der Waals surface area contributed by atoms with Crippen LogP contribution in [0.15, 0.2) is 48.9 Å². The Morgan fingerprint density at radius 3 is 2.76 bits per heavy atom. The Morgan fingerprint density at radius 1 is 1.00 bits per heavy atom. The van der Waals surface area contributed by atoms with Crippen LogP contribution in [0.4, 0.5) is 8.78 Å². The summed E-state index contributed by atoms with van der Waals surface area (Å²) in [6, 6.07) is 7.88. The van der Waals surface area contributed by atoms with Gasteiger partial charge in [0.25, 0.3) is 0 Å². The molecule has 1 aromatic carbocycles. The summed E-state index contributed by atoms with van der Waals surface area (Å²) < 4.78 is 31.2. The van der Waals surface area contributed by atoms with Crippen molar-refractivity contribution >= 4 is 5.65 Å². The van der Waals surface area contributed by atoms with Crippen LogP contribution in [-0.2, 0) is 13.0 Å². The van der Waals surface area contributed by atoms with Gasteiger partial charge in [0.05, 0.1) is 11.4 Å². The quantitative estimate of drug-likeness (QED) is 0.553. The topological polar surface area (TPSA) is 35.1 Å². The first kappa shape index (κ1) is 14.3. The summed E-state index contributed by atoms with van der Waals surface area (Å²) in [7, 11) is 0. The SMILES string of the molecule is Fc1ccc(-c2nc3n(c2-c2ccc4nccn4c2)CCC3)cc1F. The second-order valence-corrected chi connectivity index (χ2v) is 6.22. The van der Waals surface area contributed by atoms with E-state index >= 15 is 0 Å². The first-order valence-electron chi connectivity index (χ1n) is 8.18. The minimum absolute atomic E-state index is 0.585. The van der Waals surface area contributed by atoms with Crippen molar-refractivity contribution in [1.82, 2.24) is 18.9 Å². The fourth-order valence-electron chi connectivity index (χ4n) is 3.52. The Labute approximate surface area is 142 Å². The number of hydrogen-bond donors (Lipinski definition) is 0. The molecule has 0 bridgehead atoms. The lowest BCUT2D eigenvalue weighted by atomic mass is 10.1. The van der Waals surface area contributed by atoms with Crippen LogP contribution >= 0.6 is 0 Å². The van der Waals surface area contributed by atoms with E-state index in [2.05, 4.69) is 9.55 Å². The third kappa shape index (κ3) is 2.17. The fraction of sp³-hybridized carbons (Fsp3) is 0.158. The van der Waals surface area contributed by atoms with Crippen molar-refractivity contribution in [2.75, 3.05) is 0 Å². The zero-order valence-corrected chi connectivity index (χ0v) is 13.3. The molecule has 0 spiro atoms. The van der Waals surface area contributed by atoms with Gasteiger partial charge >= 0.3 is 0 Å². The molecule has 4 heterocycles. The maximum absolute atomic E-state index is 13.7. The summed E-state index contributed by atoms with van der Waals surface area (Å²) in [4.78, 5) is 8.99. The molecule has 4 aromatic rings. The lowest BCUT2D eigenvalue weighted by molar-refractivity contribution is 0.509. The summed E-state index contributed by atoms with van der Waals surface area (Å²) in [5.74, 6) is -0.723. The van der Waals surface area contributed by atoms with Crippen LogP contribution in [0.2, 0.25) is 0 Å². The van der Waals surface area contributed by atoms with Crippen LogP contribution in [0, 0.1) is 11.6 Å². The monoisotopic (exact) mass is 336 g/mol. The first-order valence-corrected chi connectivity index (χ1v) is 8.18. The number of hydrogen-bond acceptors (Lipinski definition) is 2. The molecular weight excluding hydrogens is 322 g/mol. The van der Waals surface area contributed by atoms with Gasteiger partial charge in [-0.05, 0) is 36.8 Å². The normalized spacial score (nSPS) is 13.5. The number of halogens is 2. The molecule has 0 saturated heterocycles. The van der Waals surface area contributed by atoms with Crippen LogP contribution in [0.25, 0.3) is 28.2 Å². The summed E-state index contributed by atoms with van der Waals surface area (Å²) in [6.45, 7) is 0.878. The van der Waals surface area contributed by atoms with E-state index in [0.717, 1.165) is 48.2 Å². The lowest BCUT2D eigenvalue weighted by Crippen LogP contribution is -1.98. The van der Waals surface area contributed by atoms with Crippen LogP contribution < -0.4 is 0 Å². The van der Waals surface area contributed by atoms with Gasteiger partial charge in [0, 0.05) is 42.7 Å². The highest BCUT2D eigenvalue weighted by atomic mass is 19.2. The average molecular weight is 336 g/mol. The van der Waals surface area contributed by atoms with Crippen molar-refractivity contribution in [2.24, 2.45) is 0 Å². The van der Waals surface area contributed by atoms with Crippen LogP contribution in [0.5, 0.6) is 0 Å². The van der Waals surface area contributed by atoms with Gasteiger partial charge in [0.2, 0.25) is 0 Å². The zero-order chi connectivity index (χ0) is 17.0. The molecule has 0 amide bonds. The highest BCUT2D eigenvalue weighted by Gasteiger charge is 2.24. The predicted octanol–water partition coefficient (Wildman–Crippen LogP) is 4.09. The van der Waals surface area contributed by atoms with Gasteiger partial charge in [-0.15, -0.1) is 0 Å². The molecule has 4 nitrogen and oxygen atoms in total. The number of fused-ring (bicyclic) bond motifs is 2. The Kier molecular flexibility index (Phi) is 3.00. The molecule has 1 aliphatic rings. The van der Waals surface area contributed by atoms with E-state index in [0.29, 0.717) is 11.3 Å². The van der Waals surface area contributed by atoms with E-state index in [1.54, 1.807) is 12.3 Å². The zero-order valence-electron chi connectivity index (χ0n) is 13.3. The Bertz CT molecular complexity index is 1110. The Balaban J connectivity index is 1.76. The molecule has 0 aliphatic carbocycles. The molecule has 0 atom stereocenters. The number of pyridine rings is 1. The molecule has 5 rings (SSSR count). The molecule has 124 valence electrons. The van der Waals surface area contributed by atoms with Crippen molar-refractivity contribution in [3.8, 4) is 22.5 Å². The third-order valence-corrected chi connectivity index (χ3v) is 4.68. The maximum atomic E-state index is 13.7. The van der Waals surface area contributed by atoms with E-state index in [1.165, 1.54) is 6.07 Å². The lowest BCUT2D eigenvalue weighted by Gasteiger charge is -2.09. The molecule has 3 aromatic heterocycles. The predicted molar refractivity (Wildman–Crippen MR) is 90.1 cm³/mol. The Morgan fingerprint density at radius 2 is 1.88 bits per heavy atom. The van der Waals surface area contributed by atoms with Crippen molar-refractivity contribution in [1.29, 1.82) is 0 Å². The molecule has 0 radical (unpaired) electrons. The molecule has 25 heavy (non-hydrogen) atoms. The summed E-state index contributed by atoms with van der Waals surface area (Å²) >= 11 is 0. The molecular formula is C19H14F2N4. The van der Waals surface area contributed by atoms with Gasteiger partial charge in [-0.3, -0.25) is 0 Å². The van der Waals surface area contributed by atoms with Gasteiger partial charge in [-0.1, -0.05) is 0 Å². The largest absolute Gasteiger partial charge is 0.327 e. The van der Waals surface area contributed by atoms with Gasteiger partial charge in [-0.2, -0.15) is 0 Å². The number of aromatic nitrogens is 4. The summed E-state index contributed by atoms with van der Waals surface area (Å²) in [5, 5.41) is 0. The first-order chi connectivity index (χ1) is 12.2. The highest BCUT2D eigenvalue weighted by molar-refractivity contribution is 5.79. The summed E-state index contributed by atoms with van der Waals surface area (Å²) in [5.41, 5.74) is 4.05.